The molecule has 0 aliphatic carbocycles. The third kappa shape index (κ3) is 4.73. The number of carbonyl (C=O) groups is 3. The van der Waals surface area contributed by atoms with Gasteiger partial charge in [-0.2, -0.15) is 0 Å². The molecule has 1 amide bonds. The van der Waals surface area contributed by atoms with E-state index in [9.17, 15) is 14.4 Å². The lowest BCUT2D eigenvalue weighted by Gasteiger charge is -2.30. The van der Waals surface area contributed by atoms with Crippen molar-refractivity contribution < 1.29 is 23.9 Å². The van der Waals surface area contributed by atoms with E-state index in [1.165, 1.54) is 5.56 Å². The summed E-state index contributed by atoms with van der Waals surface area (Å²) < 4.78 is 10.5. The normalized spacial score (nSPS) is 14.0. The molecule has 1 atom stereocenters. The van der Waals surface area contributed by atoms with Gasteiger partial charge in [0.1, 0.15) is 12.0 Å². The summed E-state index contributed by atoms with van der Waals surface area (Å²) in [5.41, 5.74) is 2.89. The Balaban J connectivity index is 1.49. The summed E-state index contributed by atoms with van der Waals surface area (Å²) in [6.45, 7) is 2.40. The molecule has 1 unspecified atom stereocenters. The third-order valence-corrected chi connectivity index (χ3v) is 4.47. The van der Waals surface area contributed by atoms with E-state index in [2.05, 4.69) is 6.07 Å². The molecule has 0 spiro atoms. The molecule has 2 aromatic carbocycles. The fourth-order valence-corrected chi connectivity index (χ4v) is 3.01. The minimum absolute atomic E-state index is 0.215. The smallest absolute Gasteiger partial charge is 0.344 e. The van der Waals surface area contributed by atoms with Crippen LogP contribution in [-0.2, 0) is 27.3 Å². The molecule has 1 heterocycles. The highest BCUT2D eigenvalue weighted by atomic mass is 16.6. The molecule has 1 aliphatic heterocycles. The summed E-state index contributed by atoms with van der Waals surface area (Å²) in [4.78, 5) is 36.8. The lowest BCUT2D eigenvalue weighted by molar-refractivity contribution is -0.161. The molecule has 2 aromatic rings. The molecule has 27 heavy (non-hydrogen) atoms. The van der Waals surface area contributed by atoms with Crippen LogP contribution in [-0.4, -0.2) is 42.3 Å². The highest BCUT2D eigenvalue weighted by Crippen LogP contribution is 2.19. The van der Waals surface area contributed by atoms with Crippen molar-refractivity contribution in [3.8, 4) is 5.75 Å². The van der Waals surface area contributed by atoms with Crippen molar-refractivity contribution in [1.29, 1.82) is 0 Å². The van der Waals surface area contributed by atoms with Crippen LogP contribution < -0.4 is 4.74 Å². The zero-order valence-electron chi connectivity index (χ0n) is 15.1. The minimum atomic E-state index is -0.871. The topological polar surface area (TPSA) is 72.9 Å². The predicted molar refractivity (Wildman–Crippen MR) is 98.4 cm³/mol. The first kappa shape index (κ1) is 18.6. The Hall–Kier alpha value is -3.15. The van der Waals surface area contributed by atoms with E-state index in [1.54, 1.807) is 36.1 Å². The van der Waals surface area contributed by atoms with Crippen molar-refractivity contribution in [1.82, 2.24) is 4.90 Å². The van der Waals surface area contributed by atoms with E-state index in [0.717, 1.165) is 18.3 Å². The van der Waals surface area contributed by atoms with Crippen molar-refractivity contribution in [2.45, 2.75) is 26.0 Å². The van der Waals surface area contributed by atoms with E-state index in [1.807, 2.05) is 18.2 Å². The first-order valence-electron chi connectivity index (χ1n) is 8.80. The Morgan fingerprint density at radius 2 is 1.81 bits per heavy atom. The van der Waals surface area contributed by atoms with Crippen LogP contribution in [0, 0.1) is 0 Å². The molecule has 3 rings (SSSR count). The number of aldehydes is 1. The van der Waals surface area contributed by atoms with Crippen molar-refractivity contribution in [3.63, 3.8) is 0 Å². The van der Waals surface area contributed by atoms with Gasteiger partial charge in [0.2, 0.25) is 0 Å². The van der Waals surface area contributed by atoms with Gasteiger partial charge in [-0.3, -0.25) is 9.59 Å². The zero-order chi connectivity index (χ0) is 19.2. The number of nitrogens with zero attached hydrogens (tertiary/aromatic N) is 1. The number of fused-ring (bicyclic) bond motifs is 1. The Morgan fingerprint density at radius 3 is 2.52 bits per heavy atom. The van der Waals surface area contributed by atoms with Crippen LogP contribution in [0.5, 0.6) is 5.75 Å². The standard InChI is InChI=1S/C21H21NO5/c1-15(21(25)22-11-10-17-4-2-3-5-18(17)12-22)27-20(24)14-26-19-8-6-16(13-23)7-9-19/h2-9,13,15H,10-12,14H2,1H3. The van der Waals surface area contributed by atoms with E-state index in [-0.39, 0.29) is 12.5 Å². The van der Waals surface area contributed by atoms with Gasteiger partial charge in [0.15, 0.2) is 12.7 Å². The molecule has 140 valence electrons. The molecule has 6 heteroatoms. The largest absolute Gasteiger partial charge is 0.482 e. The van der Waals surface area contributed by atoms with E-state index >= 15 is 0 Å². The van der Waals surface area contributed by atoms with Crippen LogP contribution in [0.2, 0.25) is 0 Å². The van der Waals surface area contributed by atoms with Gasteiger partial charge in [0.25, 0.3) is 5.91 Å². The molecule has 6 nitrogen and oxygen atoms in total. The molecule has 0 radical (unpaired) electrons. The fraction of sp³-hybridized carbons (Fsp3) is 0.286. The maximum atomic E-state index is 12.6. The maximum absolute atomic E-state index is 12.6. The number of ether oxygens (including phenoxy) is 2. The Labute approximate surface area is 157 Å². The summed E-state index contributed by atoms with van der Waals surface area (Å²) >= 11 is 0. The summed E-state index contributed by atoms with van der Waals surface area (Å²) in [7, 11) is 0. The summed E-state index contributed by atoms with van der Waals surface area (Å²) in [5, 5.41) is 0. The molecule has 0 N–H and O–H groups in total. The second kappa shape index (κ2) is 8.49. The van der Waals surface area contributed by atoms with Crippen LogP contribution in [0.4, 0.5) is 0 Å². The Bertz CT molecular complexity index is 831. The maximum Gasteiger partial charge on any atom is 0.344 e. The van der Waals surface area contributed by atoms with Gasteiger partial charge in [0.05, 0.1) is 0 Å². The van der Waals surface area contributed by atoms with Crippen molar-refractivity contribution in [2.24, 2.45) is 0 Å². The number of hydrogen-bond acceptors (Lipinski definition) is 5. The van der Waals surface area contributed by atoms with E-state index < -0.39 is 12.1 Å². The summed E-state index contributed by atoms with van der Waals surface area (Å²) in [5.74, 6) is -0.384. The van der Waals surface area contributed by atoms with Crippen LogP contribution in [0.25, 0.3) is 0 Å². The van der Waals surface area contributed by atoms with Gasteiger partial charge >= 0.3 is 5.97 Å². The molecule has 0 bridgehead atoms. The van der Waals surface area contributed by atoms with Gasteiger partial charge in [-0.15, -0.1) is 0 Å². The lowest BCUT2D eigenvalue weighted by atomic mass is 9.99. The van der Waals surface area contributed by atoms with Gasteiger partial charge < -0.3 is 14.4 Å². The van der Waals surface area contributed by atoms with E-state index in [0.29, 0.717) is 24.4 Å². The van der Waals surface area contributed by atoms with Gasteiger partial charge in [-0.05, 0) is 48.7 Å². The number of hydrogen-bond donors (Lipinski definition) is 0. The summed E-state index contributed by atoms with van der Waals surface area (Å²) in [6, 6.07) is 14.4. The third-order valence-electron chi connectivity index (χ3n) is 4.47. The molecule has 0 saturated heterocycles. The number of benzene rings is 2. The predicted octanol–water partition coefficient (Wildman–Crippen LogP) is 2.39. The first-order valence-corrected chi connectivity index (χ1v) is 8.80. The van der Waals surface area contributed by atoms with E-state index in [4.69, 9.17) is 9.47 Å². The van der Waals surface area contributed by atoms with Crippen molar-refractivity contribution in [2.75, 3.05) is 13.2 Å². The van der Waals surface area contributed by atoms with Gasteiger partial charge in [0, 0.05) is 18.7 Å². The molecule has 0 saturated carbocycles. The highest BCUT2D eigenvalue weighted by molar-refractivity contribution is 5.84. The number of esters is 1. The monoisotopic (exact) mass is 367 g/mol. The molecule has 0 aromatic heterocycles. The van der Waals surface area contributed by atoms with Crippen molar-refractivity contribution >= 4 is 18.2 Å². The quantitative estimate of drug-likeness (QED) is 0.579. The Morgan fingerprint density at radius 1 is 1.11 bits per heavy atom. The SMILES string of the molecule is CC(OC(=O)COc1ccc(C=O)cc1)C(=O)N1CCc2ccccc2C1. The number of rotatable bonds is 6. The molecular weight excluding hydrogens is 346 g/mol. The second-order valence-electron chi connectivity index (χ2n) is 6.39. The second-order valence-corrected chi connectivity index (χ2v) is 6.39. The average molecular weight is 367 g/mol. The molecular formula is C21H21NO5. The van der Waals surface area contributed by atoms with Crippen LogP contribution in [0.1, 0.15) is 28.4 Å². The zero-order valence-corrected chi connectivity index (χ0v) is 15.1. The van der Waals surface area contributed by atoms with Crippen molar-refractivity contribution in [3.05, 3.63) is 65.2 Å². The average Bonchev–Trinajstić information content (AvgIpc) is 2.71. The van der Waals surface area contributed by atoms with Crippen LogP contribution in [0.15, 0.2) is 48.5 Å². The Kier molecular flexibility index (Phi) is 5.86. The number of carbonyl (C=O) groups excluding carboxylic acids is 3. The van der Waals surface area contributed by atoms with Gasteiger partial charge in [-0.1, -0.05) is 24.3 Å². The van der Waals surface area contributed by atoms with Gasteiger partial charge in [-0.25, -0.2) is 4.79 Å². The first-order chi connectivity index (χ1) is 13.1. The summed E-state index contributed by atoms with van der Waals surface area (Å²) in [6.07, 6.45) is 0.649. The molecule has 1 aliphatic rings. The minimum Gasteiger partial charge on any atom is -0.482 e. The van der Waals surface area contributed by atoms with Crippen LogP contribution >= 0.6 is 0 Å². The molecule has 0 fully saturated rings. The van der Waals surface area contributed by atoms with Crippen LogP contribution in [0.3, 0.4) is 0 Å². The number of amides is 1. The lowest BCUT2D eigenvalue weighted by Crippen LogP contribution is -2.43. The highest BCUT2D eigenvalue weighted by Gasteiger charge is 2.26. The fourth-order valence-electron chi connectivity index (χ4n) is 3.01.